The van der Waals surface area contributed by atoms with Crippen molar-refractivity contribution in [3.8, 4) is 0 Å². The molecule has 5 nitrogen and oxygen atoms in total. The predicted molar refractivity (Wildman–Crippen MR) is 72.7 cm³/mol. The number of rotatable bonds is 2. The number of carbonyl (C=O) groups excluding carboxylic acids is 2. The monoisotopic (exact) mass is 259 g/mol. The minimum absolute atomic E-state index is 0.0371. The highest BCUT2D eigenvalue weighted by Gasteiger charge is 2.47. The van der Waals surface area contributed by atoms with Gasteiger partial charge < -0.3 is 11.1 Å². The number of fused-ring (bicyclic) bond motifs is 1. The normalized spacial score (nSPS) is 21.4. The lowest BCUT2D eigenvalue weighted by atomic mass is 9.94. The fraction of sp³-hybridized carbons (Fsp3) is 0.429. The number of amides is 2. The van der Waals surface area contributed by atoms with Gasteiger partial charge in [0.05, 0.1) is 16.9 Å². The predicted octanol–water partition coefficient (Wildman–Crippen LogP) is 1.10. The van der Waals surface area contributed by atoms with Gasteiger partial charge in [-0.25, -0.2) is 0 Å². The summed E-state index contributed by atoms with van der Waals surface area (Å²) >= 11 is 0. The van der Waals surface area contributed by atoms with Gasteiger partial charge in [-0.15, -0.1) is 0 Å². The van der Waals surface area contributed by atoms with E-state index in [4.69, 9.17) is 5.73 Å². The largest absolute Gasteiger partial charge is 0.323 e. The van der Waals surface area contributed by atoms with E-state index in [1.165, 1.54) is 4.90 Å². The summed E-state index contributed by atoms with van der Waals surface area (Å²) in [5.74, 6) is -0.118. The molecule has 0 radical (unpaired) electrons. The summed E-state index contributed by atoms with van der Waals surface area (Å²) in [5.41, 5.74) is 6.68. The zero-order valence-electron chi connectivity index (χ0n) is 10.8. The van der Waals surface area contributed by atoms with Gasteiger partial charge in [-0.05, 0) is 37.8 Å². The zero-order chi connectivity index (χ0) is 13.6. The van der Waals surface area contributed by atoms with E-state index in [0.717, 1.165) is 18.5 Å². The van der Waals surface area contributed by atoms with Crippen LogP contribution in [0.15, 0.2) is 24.3 Å². The van der Waals surface area contributed by atoms with Gasteiger partial charge in [0.15, 0.2) is 0 Å². The fourth-order valence-corrected chi connectivity index (χ4v) is 2.56. The van der Waals surface area contributed by atoms with Gasteiger partial charge in [0.25, 0.3) is 0 Å². The van der Waals surface area contributed by atoms with Crippen molar-refractivity contribution in [2.24, 2.45) is 11.7 Å². The van der Waals surface area contributed by atoms with Gasteiger partial charge >= 0.3 is 0 Å². The van der Waals surface area contributed by atoms with E-state index in [-0.39, 0.29) is 24.3 Å². The summed E-state index contributed by atoms with van der Waals surface area (Å²) in [5, 5.41) is 2.77. The Morgan fingerprint density at radius 2 is 2.11 bits per heavy atom. The SMILES string of the molecule is CC(N)(C(=O)N1CC(=O)Nc2ccccc21)C1CC1. The second-order valence-electron chi connectivity index (χ2n) is 5.51. The van der Waals surface area contributed by atoms with Crippen molar-refractivity contribution in [1.82, 2.24) is 0 Å². The van der Waals surface area contributed by atoms with E-state index in [1.807, 2.05) is 18.2 Å². The number of hydrogen-bond donors (Lipinski definition) is 2. The number of nitrogens with two attached hydrogens (primary N) is 1. The number of hydrogen-bond acceptors (Lipinski definition) is 3. The van der Waals surface area contributed by atoms with Crippen molar-refractivity contribution < 1.29 is 9.59 Å². The smallest absolute Gasteiger partial charge is 0.247 e. The molecular formula is C14H17N3O2. The van der Waals surface area contributed by atoms with Gasteiger partial charge in [0.2, 0.25) is 11.8 Å². The van der Waals surface area contributed by atoms with Crippen LogP contribution < -0.4 is 16.0 Å². The number of carbonyl (C=O) groups is 2. The lowest BCUT2D eigenvalue weighted by molar-refractivity contribution is -0.125. The highest BCUT2D eigenvalue weighted by molar-refractivity contribution is 6.12. The third-order valence-corrected chi connectivity index (χ3v) is 3.90. The van der Waals surface area contributed by atoms with E-state index >= 15 is 0 Å². The number of para-hydroxylation sites is 2. The molecule has 0 aromatic heterocycles. The van der Waals surface area contributed by atoms with E-state index in [0.29, 0.717) is 5.69 Å². The Labute approximate surface area is 111 Å². The third kappa shape index (κ3) is 2.00. The molecule has 1 atom stereocenters. The molecule has 100 valence electrons. The molecule has 0 saturated heterocycles. The molecule has 0 spiro atoms. The average molecular weight is 259 g/mol. The lowest BCUT2D eigenvalue weighted by Gasteiger charge is -2.35. The van der Waals surface area contributed by atoms with Crippen molar-refractivity contribution >= 4 is 23.2 Å². The molecule has 3 N–H and O–H groups in total. The quantitative estimate of drug-likeness (QED) is 0.835. The number of nitrogens with one attached hydrogen (secondary N) is 1. The van der Waals surface area contributed by atoms with Crippen LogP contribution in [0.25, 0.3) is 0 Å². The van der Waals surface area contributed by atoms with Crippen molar-refractivity contribution in [2.45, 2.75) is 25.3 Å². The number of anilines is 2. The molecule has 1 aromatic rings. The molecule has 1 heterocycles. The maximum atomic E-state index is 12.6. The maximum absolute atomic E-state index is 12.6. The summed E-state index contributed by atoms with van der Waals surface area (Å²) in [6, 6.07) is 7.30. The molecule has 1 aromatic carbocycles. The number of nitrogens with zero attached hydrogens (tertiary/aromatic N) is 1. The molecule has 5 heteroatoms. The standard InChI is InChI=1S/C14H17N3O2/c1-14(15,9-6-7-9)13(19)17-8-12(18)16-10-4-2-3-5-11(10)17/h2-5,9H,6-8,15H2,1H3,(H,16,18). The van der Waals surface area contributed by atoms with Crippen LogP contribution >= 0.6 is 0 Å². The minimum Gasteiger partial charge on any atom is -0.323 e. The fourth-order valence-electron chi connectivity index (χ4n) is 2.56. The average Bonchev–Trinajstić information content (AvgIpc) is 3.21. The van der Waals surface area contributed by atoms with Crippen LogP contribution in [0.1, 0.15) is 19.8 Å². The van der Waals surface area contributed by atoms with Gasteiger partial charge in [-0.1, -0.05) is 12.1 Å². The Bertz CT molecular complexity index is 549. The lowest BCUT2D eigenvalue weighted by Crippen LogP contribution is -2.57. The van der Waals surface area contributed by atoms with Gasteiger partial charge in [0.1, 0.15) is 6.54 Å². The first-order valence-electron chi connectivity index (χ1n) is 6.50. The second kappa shape index (κ2) is 4.06. The first-order chi connectivity index (χ1) is 9.00. The Balaban J connectivity index is 1.96. The van der Waals surface area contributed by atoms with Crippen LogP contribution in [0.5, 0.6) is 0 Å². The summed E-state index contributed by atoms with van der Waals surface area (Å²) < 4.78 is 0. The molecule has 1 aliphatic heterocycles. The van der Waals surface area contributed by atoms with E-state index in [2.05, 4.69) is 5.32 Å². The van der Waals surface area contributed by atoms with Crippen molar-refractivity contribution in [1.29, 1.82) is 0 Å². The summed E-state index contributed by atoms with van der Waals surface area (Å²) in [7, 11) is 0. The van der Waals surface area contributed by atoms with Crippen molar-refractivity contribution in [3.63, 3.8) is 0 Å². The molecule has 1 saturated carbocycles. The highest BCUT2D eigenvalue weighted by Crippen LogP contribution is 2.40. The summed E-state index contributed by atoms with van der Waals surface area (Å²) in [6.45, 7) is 1.80. The molecule has 3 rings (SSSR count). The molecule has 1 unspecified atom stereocenters. The molecule has 0 bridgehead atoms. The topological polar surface area (TPSA) is 75.4 Å². The second-order valence-corrected chi connectivity index (χ2v) is 5.51. The first kappa shape index (κ1) is 12.2. The molecule has 2 amide bonds. The molecule has 2 aliphatic rings. The van der Waals surface area contributed by atoms with Crippen LogP contribution in [-0.4, -0.2) is 23.9 Å². The summed E-state index contributed by atoms with van der Waals surface area (Å²) in [6.07, 6.45) is 1.97. The van der Waals surface area contributed by atoms with Crippen LogP contribution in [0, 0.1) is 5.92 Å². The van der Waals surface area contributed by atoms with Gasteiger partial charge in [0, 0.05) is 0 Å². The maximum Gasteiger partial charge on any atom is 0.247 e. The zero-order valence-corrected chi connectivity index (χ0v) is 10.8. The van der Waals surface area contributed by atoms with Gasteiger partial charge in [-0.2, -0.15) is 0 Å². The molecule has 1 fully saturated rings. The van der Waals surface area contributed by atoms with E-state index in [9.17, 15) is 9.59 Å². The van der Waals surface area contributed by atoms with Crippen molar-refractivity contribution in [3.05, 3.63) is 24.3 Å². The Kier molecular flexibility index (Phi) is 2.60. The minimum atomic E-state index is -0.884. The summed E-state index contributed by atoms with van der Waals surface area (Å²) in [4.78, 5) is 25.8. The van der Waals surface area contributed by atoms with Crippen molar-refractivity contribution in [2.75, 3.05) is 16.8 Å². The van der Waals surface area contributed by atoms with Gasteiger partial charge in [-0.3, -0.25) is 14.5 Å². The van der Waals surface area contributed by atoms with Crippen LogP contribution in [0.3, 0.4) is 0 Å². The third-order valence-electron chi connectivity index (χ3n) is 3.90. The van der Waals surface area contributed by atoms with Crippen LogP contribution in [0.4, 0.5) is 11.4 Å². The molecule has 1 aliphatic carbocycles. The molecule has 19 heavy (non-hydrogen) atoms. The number of benzene rings is 1. The van der Waals surface area contributed by atoms with Crippen LogP contribution in [0.2, 0.25) is 0 Å². The van der Waals surface area contributed by atoms with E-state index < -0.39 is 5.54 Å². The van der Waals surface area contributed by atoms with E-state index in [1.54, 1.807) is 13.0 Å². The first-order valence-corrected chi connectivity index (χ1v) is 6.50. The molecular weight excluding hydrogens is 242 g/mol. The Morgan fingerprint density at radius 3 is 2.79 bits per heavy atom. The highest BCUT2D eigenvalue weighted by atomic mass is 16.2. The Hall–Kier alpha value is -1.88. The Morgan fingerprint density at radius 1 is 1.42 bits per heavy atom. The van der Waals surface area contributed by atoms with Crippen LogP contribution in [-0.2, 0) is 9.59 Å².